The molecular formula is C16H26N4O6P2. The van der Waals surface area contributed by atoms with Crippen LogP contribution in [0.25, 0.3) is 11.2 Å². The number of fused-ring (bicyclic) bond motifs is 1. The topological polar surface area (TPSA) is 148 Å². The van der Waals surface area contributed by atoms with Crippen molar-refractivity contribution in [2.24, 2.45) is 5.92 Å². The first-order valence-electron chi connectivity index (χ1n) is 9.07. The molecular weight excluding hydrogens is 406 g/mol. The largest absolute Gasteiger partial charge is 0.354 e. The summed E-state index contributed by atoms with van der Waals surface area (Å²) in [5.74, 6) is 0.528. The first kappa shape index (κ1) is 21.6. The summed E-state index contributed by atoms with van der Waals surface area (Å²) in [7, 11) is -8.45. The molecule has 0 amide bonds. The zero-order chi connectivity index (χ0) is 20.9. The molecule has 1 saturated heterocycles. The molecule has 1 aliphatic heterocycles. The van der Waals surface area contributed by atoms with Crippen LogP contribution in [-0.4, -0.2) is 52.4 Å². The molecule has 3 heterocycles. The van der Waals surface area contributed by atoms with Crippen molar-refractivity contribution in [3.8, 4) is 0 Å². The van der Waals surface area contributed by atoms with Crippen LogP contribution in [0.4, 0.5) is 0 Å². The summed E-state index contributed by atoms with van der Waals surface area (Å²) in [6.45, 7) is 7.61. The molecule has 4 atom stereocenters. The second kappa shape index (κ2) is 7.59. The van der Waals surface area contributed by atoms with Crippen LogP contribution in [0, 0.1) is 26.7 Å². The molecule has 0 aliphatic carbocycles. The summed E-state index contributed by atoms with van der Waals surface area (Å²) in [4.78, 5) is 41.2. The molecule has 3 N–H and O–H groups in total. The highest BCUT2D eigenvalue weighted by Crippen LogP contribution is 2.55. The van der Waals surface area contributed by atoms with E-state index in [0.29, 0.717) is 17.9 Å². The molecule has 2 aromatic heterocycles. The molecule has 0 saturated carbocycles. The Hall–Kier alpha value is -1.15. The van der Waals surface area contributed by atoms with E-state index in [1.165, 1.54) is 0 Å². The van der Waals surface area contributed by atoms with Gasteiger partial charge in [0.15, 0.2) is 5.65 Å². The van der Waals surface area contributed by atoms with Gasteiger partial charge in [0, 0.05) is 12.1 Å². The number of aromatic nitrogens is 4. The minimum atomic E-state index is -4.54. The van der Waals surface area contributed by atoms with Crippen molar-refractivity contribution in [2.75, 3.05) is 12.1 Å². The number of aryl methyl sites for hydroxylation is 3. The number of imidazole rings is 1. The molecule has 10 nitrogen and oxygen atoms in total. The van der Waals surface area contributed by atoms with Gasteiger partial charge in [-0.25, -0.2) is 15.0 Å². The highest BCUT2D eigenvalue weighted by atomic mass is 31.2. The van der Waals surface area contributed by atoms with Crippen LogP contribution in [0.2, 0.25) is 0 Å². The minimum absolute atomic E-state index is 0.122. The fourth-order valence-electron chi connectivity index (χ4n) is 3.78. The van der Waals surface area contributed by atoms with Crippen molar-refractivity contribution in [1.29, 1.82) is 0 Å². The summed E-state index contributed by atoms with van der Waals surface area (Å²) < 4.78 is 31.2. The van der Waals surface area contributed by atoms with Crippen LogP contribution in [-0.2, 0) is 13.9 Å². The second-order valence-electron chi connectivity index (χ2n) is 7.58. The predicted molar refractivity (Wildman–Crippen MR) is 103 cm³/mol. The fourth-order valence-corrected chi connectivity index (χ4v) is 7.34. The van der Waals surface area contributed by atoms with Gasteiger partial charge in [-0.3, -0.25) is 13.7 Å². The normalized spacial score (nSPS) is 25.3. The first-order valence-corrected chi connectivity index (χ1v) is 12.9. The molecule has 12 heteroatoms. The molecule has 3 rings (SSSR count). The number of nitrogens with zero attached hydrogens (tertiary/aromatic N) is 4. The van der Waals surface area contributed by atoms with Gasteiger partial charge in [0.25, 0.3) is 0 Å². The van der Waals surface area contributed by atoms with E-state index in [2.05, 4.69) is 15.0 Å². The van der Waals surface area contributed by atoms with Crippen LogP contribution in [0.1, 0.15) is 43.3 Å². The lowest BCUT2D eigenvalue weighted by atomic mass is 10.0. The van der Waals surface area contributed by atoms with Gasteiger partial charge in [0.2, 0.25) is 7.37 Å². The van der Waals surface area contributed by atoms with Crippen molar-refractivity contribution in [1.82, 2.24) is 19.5 Å². The summed E-state index contributed by atoms with van der Waals surface area (Å²) in [5.41, 5.74) is 2.23. The highest BCUT2D eigenvalue weighted by molar-refractivity contribution is 7.72. The molecule has 0 radical (unpaired) electrons. The maximum absolute atomic E-state index is 12.1. The lowest BCUT2D eigenvalue weighted by molar-refractivity contribution is -0.0100. The van der Waals surface area contributed by atoms with Crippen LogP contribution in [0.15, 0.2) is 0 Å². The maximum atomic E-state index is 12.1. The molecule has 1 unspecified atom stereocenters. The SMILES string of the molecule is Cc1nc(C)c2nc(C)n([C@@H]3O[C@H](CCP(=O)(O)CP(=O)(O)O)C[C@H]3C)c2n1. The molecule has 1 fully saturated rings. The maximum Gasteiger partial charge on any atom is 0.335 e. The van der Waals surface area contributed by atoms with E-state index < -0.39 is 20.9 Å². The van der Waals surface area contributed by atoms with E-state index in [1.54, 1.807) is 0 Å². The molecule has 2 aromatic rings. The molecule has 156 valence electrons. The molecule has 0 bridgehead atoms. The summed E-state index contributed by atoms with van der Waals surface area (Å²) in [6.07, 6.45) is 0.143. The summed E-state index contributed by atoms with van der Waals surface area (Å²) >= 11 is 0. The predicted octanol–water partition coefficient (Wildman–Crippen LogP) is 2.47. The standard InChI is InChI=1S/C16H26N4O6P2/c1-9-7-13(5-6-27(21,22)8-28(23,24)25)26-16(9)20-12(4)19-14-10(2)17-11(3)18-15(14)20/h9,13,16H,5-8H2,1-4H3,(H,21,22)(H2,23,24,25)/t9-,13-,16-/m1/s1. The minimum Gasteiger partial charge on any atom is -0.354 e. The van der Waals surface area contributed by atoms with Crippen LogP contribution >= 0.6 is 15.0 Å². The Morgan fingerprint density at radius 3 is 2.46 bits per heavy atom. The Kier molecular flexibility index (Phi) is 5.85. The highest BCUT2D eigenvalue weighted by Gasteiger charge is 2.37. The number of hydrogen-bond donors (Lipinski definition) is 3. The van der Waals surface area contributed by atoms with Crippen molar-refractivity contribution < 1.29 is 28.5 Å². The van der Waals surface area contributed by atoms with E-state index in [9.17, 15) is 14.0 Å². The smallest absolute Gasteiger partial charge is 0.335 e. The Morgan fingerprint density at radius 1 is 1.14 bits per heavy atom. The van der Waals surface area contributed by atoms with E-state index in [0.717, 1.165) is 17.0 Å². The van der Waals surface area contributed by atoms with Gasteiger partial charge >= 0.3 is 7.60 Å². The third kappa shape index (κ3) is 4.70. The van der Waals surface area contributed by atoms with Crippen molar-refractivity contribution >= 4 is 26.1 Å². The quantitative estimate of drug-likeness (QED) is 0.586. The monoisotopic (exact) mass is 432 g/mol. The van der Waals surface area contributed by atoms with Crippen LogP contribution < -0.4 is 0 Å². The Labute approximate surface area is 163 Å². The molecule has 28 heavy (non-hydrogen) atoms. The third-order valence-electron chi connectivity index (χ3n) is 4.92. The van der Waals surface area contributed by atoms with Gasteiger partial charge < -0.3 is 19.4 Å². The van der Waals surface area contributed by atoms with Gasteiger partial charge in [-0.15, -0.1) is 0 Å². The van der Waals surface area contributed by atoms with Gasteiger partial charge in [-0.2, -0.15) is 0 Å². The summed E-state index contributed by atoms with van der Waals surface area (Å²) in [6, 6.07) is 0. The van der Waals surface area contributed by atoms with Crippen molar-refractivity contribution in [3.63, 3.8) is 0 Å². The lowest BCUT2D eigenvalue weighted by Gasteiger charge is -2.20. The summed E-state index contributed by atoms with van der Waals surface area (Å²) in [5, 5.41) is 0. The van der Waals surface area contributed by atoms with Gasteiger partial charge in [0.05, 0.1) is 11.8 Å². The van der Waals surface area contributed by atoms with Crippen LogP contribution in [0.5, 0.6) is 0 Å². The zero-order valence-corrected chi connectivity index (χ0v) is 18.1. The molecule has 0 spiro atoms. The average molecular weight is 432 g/mol. The molecule has 0 aromatic carbocycles. The van der Waals surface area contributed by atoms with E-state index in [-0.39, 0.29) is 30.8 Å². The van der Waals surface area contributed by atoms with Crippen molar-refractivity contribution in [3.05, 3.63) is 17.3 Å². The second-order valence-corrected chi connectivity index (χ2v) is 12.2. The van der Waals surface area contributed by atoms with E-state index in [1.807, 2.05) is 32.3 Å². The fraction of sp³-hybridized carbons (Fsp3) is 0.688. The Morgan fingerprint density at radius 2 is 1.82 bits per heavy atom. The van der Waals surface area contributed by atoms with Gasteiger partial charge in [0.1, 0.15) is 29.3 Å². The van der Waals surface area contributed by atoms with Crippen LogP contribution in [0.3, 0.4) is 0 Å². The van der Waals surface area contributed by atoms with Gasteiger partial charge in [-0.05, 0) is 33.6 Å². The Bertz CT molecular complexity index is 987. The van der Waals surface area contributed by atoms with Gasteiger partial charge in [-0.1, -0.05) is 6.92 Å². The van der Waals surface area contributed by atoms with E-state index >= 15 is 0 Å². The first-order chi connectivity index (χ1) is 12.9. The van der Waals surface area contributed by atoms with Crippen molar-refractivity contribution in [2.45, 2.75) is 52.9 Å². The zero-order valence-electron chi connectivity index (χ0n) is 16.3. The lowest BCUT2D eigenvalue weighted by Crippen LogP contribution is -2.17. The number of ether oxygens (including phenoxy) is 1. The number of hydrogen-bond acceptors (Lipinski definition) is 6. The Balaban J connectivity index is 1.78. The number of rotatable bonds is 6. The van der Waals surface area contributed by atoms with E-state index in [4.69, 9.17) is 14.5 Å². The third-order valence-corrected chi connectivity index (χ3v) is 9.11. The molecule has 1 aliphatic rings. The average Bonchev–Trinajstić information content (AvgIpc) is 3.03.